The molecule has 0 saturated heterocycles. The summed E-state index contributed by atoms with van der Waals surface area (Å²) < 4.78 is 5.34. The first-order valence-electron chi connectivity index (χ1n) is 6.24. The topological polar surface area (TPSA) is 102 Å². The van der Waals surface area contributed by atoms with E-state index < -0.39 is 16.4 Å². The van der Waals surface area contributed by atoms with Crippen LogP contribution in [-0.4, -0.2) is 34.2 Å². The number of carboxylic acid groups (broad SMARTS) is 1. The van der Waals surface area contributed by atoms with Crippen LogP contribution in [0, 0.1) is 10.1 Å². The lowest BCUT2D eigenvalue weighted by Gasteiger charge is -2.28. The van der Waals surface area contributed by atoms with Gasteiger partial charge in [0, 0.05) is 12.1 Å². The predicted molar refractivity (Wildman–Crippen MR) is 77.9 cm³/mol. The molecule has 0 aliphatic heterocycles. The van der Waals surface area contributed by atoms with Crippen molar-refractivity contribution in [3.63, 3.8) is 0 Å². The van der Waals surface area contributed by atoms with Crippen molar-refractivity contribution in [3.05, 3.63) is 33.3 Å². The molecule has 0 bridgehead atoms. The van der Waals surface area contributed by atoms with E-state index in [9.17, 15) is 20.0 Å². The number of nitro benzene ring substituents is 1. The third-order valence-electron chi connectivity index (χ3n) is 2.73. The molecular weight excluding hydrogens is 300 g/mol. The van der Waals surface area contributed by atoms with E-state index in [1.165, 1.54) is 25.1 Å². The van der Waals surface area contributed by atoms with Crippen LogP contribution < -0.4 is 10.1 Å². The first kappa shape index (κ1) is 17.2. The third kappa shape index (κ3) is 4.30. The Bertz CT molecular complexity index is 549. The molecule has 0 aliphatic carbocycles. The van der Waals surface area contributed by atoms with Crippen LogP contribution >= 0.6 is 11.6 Å². The molecule has 0 aromatic heterocycles. The maximum absolute atomic E-state index is 11.4. The number of nitrogens with one attached hydrogen (secondary N) is 1. The maximum atomic E-state index is 11.4. The van der Waals surface area contributed by atoms with Crippen LogP contribution in [0.4, 0.5) is 5.69 Å². The van der Waals surface area contributed by atoms with Gasteiger partial charge in [0.25, 0.3) is 0 Å². The molecule has 1 unspecified atom stereocenters. The monoisotopic (exact) mass is 316 g/mol. The number of ether oxygens (including phenoxy) is 1. The van der Waals surface area contributed by atoms with Gasteiger partial charge in [-0.25, -0.2) is 0 Å². The van der Waals surface area contributed by atoms with Crippen LogP contribution in [-0.2, 0) is 4.79 Å². The summed E-state index contributed by atoms with van der Waals surface area (Å²) >= 11 is 5.89. The molecular formula is C13H17ClN2O5. The molecule has 1 rings (SSSR count). The van der Waals surface area contributed by atoms with E-state index in [1.807, 2.05) is 0 Å². The number of halogens is 1. The summed E-state index contributed by atoms with van der Waals surface area (Å²) in [5, 5.41) is 23.2. The van der Waals surface area contributed by atoms with Gasteiger partial charge >= 0.3 is 11.7 Å². The summed E-state index contributed by atoms with van der Waals surface area (Å²) in [5.41, 5.74) is -1.69. The largest absolute Gasteiger partial charge is 0.483 e. The fourth-order valence-electron chi connectivity index (χ4n) is 1.80. The Kier molecular flexibility index (Phi) is 5.51. The highest BCUT2D eigenvalue weighted by atomic mass is 35.5. The number of hydrogen-bond donors (Lipinski definition) is 2. The molecule has 0 saturated carbocycles. The molecule has 0 heterocycles. The number of para-hydroxylation sites is 1. The summed E-state index contributed by atoms with van der Waals surface area (Å²) in [6.45, 7) is 4.72. The van der Waals surface area contributed by atoms with Gasteiger partial charge in [-0.2, -0.15) is 0 Å². The molecule has 0 aliphatic rings. The number of hydrogen-bond acceptors (Lipinski definition) is 5. The van der Waals surface area contributed by atoms with Crippen LogP contribution in [0.3, 0.4) is 0 Å². The molecule has 0 amide bonds. The number of carboxylic acids is 1. The average molecular weight is 317 g/mol. The number of rotatable bonds is 7. The van der Waals surface area contributed by atoms with Gasteiger partial charge in [0.15, 0.2) is 0 Å². The summed E-state index contributed by atoms with van der Waals surface area (Å²) in [5.74, 6) is -1.26. The summed E-state index contributed by atoms with van der Waals surface area (Å²) in [6.07, 6.45) is 0. The Balaban J connectivity index is 3.01. The Labute approximate surface area is 127 Å². The lowest BCUT2D eigenvalue weighted by Crippen LogP contribution is -2.56. The van der Waals surface area contributed by atoms with Crippen LogP contribution in [0.2, 0.25) is 5.02 Å². The third-order valence-corrected chi connectivity index (χ3v) is 3.02. The highest BCUT2D eigenvalue weighted by molar-refractivity contribution is 6.32. The van der Waals surface area contributed by atoms with E-state index in [-0.39, 0.29) is 29.1 Å². The van der Waals surface area contributed by atoms with Gasteiger partial charge in [-0.15, -0.1) is 0 Å². The molecule has 0 radical (unpaired) electrons. The van der Waals surface area contributed by atoms with E-state index in [0.717, 1.165) is 0 Å². The van der Waals surface area contributed by atoms with Gasteiger partial charge in [-0.05, 0) is 26.8 Å². The number of nitrogens with zero attached hydrogens (tertiary/aromatic N) is 1. The van der Waals surface area contributed by atoms with Gasteiger partial charge in [-0.3, -0.25) is 20.2 Å². The molecule has 8 heteroatoms. The van der Waals surface area contributed by atoms with E-state index in [4.69, 9.17) is 16.3 Å². The molecule has 1 aromatic carbocycles. The lowest BCUT2D eigenvalue weighted by molar-refractivity contribution is -0.385. The van der Waals surface area contributed by atoms with E-state index in [1.54, 1.807) is 13.8 Å². The normalized spacial score (nSPS) is 13.8. The molecule has 2 N–H and O–H groups in total. The Morgan fingerprint density at radius 2 is 2.19 bits per heavy atom. The number of carbonyl (C=O) groups is 1. The zero-order valence-electron chi connectivity index (χ0n) is 11.9. The minimum absolute atomic E-state index is 0.0569. The second-order valence-corrected chi connectivity index (χ2v) is 5.48. The number of benzene rings is 1. The van der Waals surface area contributed by atoms with Gasteiger partial charge in [0.2, 0.25) is 5.75 Å². The zero-order chi connectivity index (χ0) is 16.2. The van der Waals surface area contributed by atoms with Crippen molar-refractivity contribution < 1.29 is 19.6 Å². The van der Waals surface area contributed by atoms with Crippen LogP contribution in [0.15, 0.2) is 18.2 Å². The fourth-order valence-corrected chi connectivity index (χ4v) is 2.03. The Morgan fingerprint density at radius 1 is 1.57 bits per heavy atom. The van der Waals surface area contributed by atoms with Crippen molar-refractivity contribution in [2.45, 2.75) is 32.4 Å². The van der Waals surface area contributed by atoms with Gasteiger partial charge in [0.05, 0.1) is 9.95 Å². The first-order valence-corrected chi connectivity index (χ1v) is 6.62. The van der Waals surface area contributed by atoms with Crippen molar-refractivity contribution in [1.82, 2.24) is 5.32 Å². The average Bonchev–Trinajstić information content (AvgIpc) is 2.35. The van der Waals surface area contributed by atoms with Crippen molar-refractivity contribution in [2.75, 3.05) is 6.61 Å². The minimum Gasteiger partial charge on any atom is -0.483 e. The zero-order valence-corrected chi connectivity index (χ0v) is 12.7. The lowest BCUT2D eigenvalue weighted by atomic mass is 10.0. The minimum atomic E-state index is -1.39. The highest BCUT2D eigenvalue weighted by Gasteiger charge is 2.35. The van der Waals surface area contributed by atoms with E-state index in [0.29, 0.717) is 0 Å². The van der Waals surface area contributed by atoms with Crippen LogP contribution in [0.1, 0.15) is 20.8 Å². The Morgan fingerprint density at radius 3 is 2.67 bits per heavy atom. The highest BCUT2D eigenvalue weighted by Crippen LogP contribution is 2.34. The second kappa shape index (κ2) is 6.73. The standard InChI is InChI=1S/C13H17ClN2O5/c1-8(2)15-13(3,12(17)18)7-21-11-9(14)5-4-6-10(11)16(19)20/h4-6,8,15H,7H2,1-3H3,(H,17,18). The second-order valence-electron chi connectivity index (χ2n) is 5.07. The van der Waals surface area contributed by atoms with Crippen molar-refractivity contribution in [1.29, 1.82) is 0 Å². The molecule has 7 nitrogen and oxygen atoms in total. The number of nitro groups is 1. The molecule has 0 fully saturated rings. The SMILES string of the molecule is CC(C)NC(C)(COc1c(Cl)cccc1[N+](=O)[O-])C(=O)O. The molecule has 1 atom stereocenters. The fraction of sp³-hybridized carbons (Fsp3) is 0.462. The maximum Gasteiger partial charge on any atom is 0.327 e. The molecule has 116 valence electrons. The van der Waals surface area contributed by atoms with Gasteiger partial charge in [0.1, 0.15) is 12.1 Å². The van der Waals surface area contributed by atoms with Crippen molar-refractivity contribution >= 4 is 23.3 Å². The summed E-state index contributed by atoms with van der Waals surface area (Å²) in [4.78, 5) is 21.7. The van der Waals surface area contributed by atoms with Crippen molar-refractivity contribution in [2.24, 2.45) is 0 Å². The number of aliphatic carboxylic acids is 1. The molecule has 0 spiro atoms. The first-order chi connectivity index (χ1) is 9.67. The van der Waals surface area contributed by atoms with Crippen LogP contribution in [0.25, 0.3) is 0 Å². The van der Waals surface area contributed by atoms with Crippen LogP contribution in [0.5, 0.6) is 5.75 Å². The molecule has 21 heavy (non-hydrogen) atoms. The van der Waals surface area contributed by atoms with E-state index >= 15 is 0 Å². The smallest absolute Gasteiger partial charge is 0.327 e. The molecule has 1 aromatic rings. The van der Waals surface area contributed by atoms with Gasteiger partial charge < -0.3 is 9.84 Å². The Hall–Kier alpha value is -1.86. The van der Waals surface area contributed by atoms with Gasteiger partial charge in [-0.1, -0.05) is 17.7 Å². The predicted octanol–water partition coefficient (Wildman–Crippen LogP) is 2.47. The quantitative estimate of drug-likeness (QED) is 0.592. The van der Waals surface area contributed by atoms with Crippen molar-refractivity contribution in [3.8, 4) is 5.75 Å². The summed E-state index contributed by atoms with van der Waals surface area (Å²) in [7, 11) is 0. The van der Waals surface area contributed by atoms with E-state index in [2.05, 4.69) is 5.32 Å². The summed E-state index contributed by atoms with van der Waals surface area (Å²) in [6, 6.07) is 4.01.